The van der Waals surface area contributed by atoms with Crippen molar-refractivity contribution in [3.05, 3.63) is 124 Å². The molecular weight excluding hydrogens is 765 g/mol. The molecule has 2 aliphatic heterocycles. The molecule has 5 aliphatic rings. The lowest BCUT2D eigenvalue weighted by atomic mass is 9.88. The van der Waals surface area contributed by atoms with Crippen LogP contribution < -0.4 is 10.6 Å². The molecule has 3 aromatic rings. The van der Waals surface area contributed by atoms with E-state index >= 15 is 0 Å². The summed E-state index contributed by atoms with van der Waals surface area (Å²) in [5.74, 6) is -2.24. The largest absolute Gasteiger partial charge is 0.460 e. The SMILES string of the molecule is CC(C)(C)OC(=O)CC[C@@H](CO)NC(=O)c1cccc(CNC(=O)C2=C[C@H]3OC4(Cc5ccccc5C4)O[C@H]3[C@H](OC(=O)c3ccccc3C=CC3CCC4OC4C3)C2)c1. The minimum atomic E-state index is -0.942. The number of aliphatic hydroxyl groups excluding tert-OH is 1. The monoisotopic (exact) mass is 818 g/mol. The fraction of sp³-hybridized carbons (Fsp3) is 0.458. The van der Waals surface area contributed by atoms with E-state index in [1.54, 1.807) is 57.2 Å². The van der Waals surface area contributed by atoms with Crippen molar-refractivity contribution in [1.82, 2.24) is 10.6 Å². The fourth-order valence-corrected chi connectivity index (χ4v) is 8.82. The van der Waals surface area contributed by atoms with Crippen LogP contribution in [0.3, 0.4) is 0 Å². The van der Waals surface area contributed by atoms with Crippen molar-refractivity contribution in [3.8, 4) is 0 Å². The second-order valence-electron chi connectivity index (χ2n) is 17.6. The van der Waals surface area contributed by atoms with Crippen molar-refractivity contribution < 1.29 is 48.0 Å². The number of hydrogen-bond acceptors (Lipinski definition) is 10. The van der Waals surface area contributed by atoms with Gasteiger partial charge in [0.1, 0.15) is 23.9 Å². The number of rotatable bonds is 13. The average molecular weight is 819 g/mol. The number of benzene rings is 3. The van der Waals surface area contributed by atoms with Crippen LogP contribution in [0.5, 0.6) is 0 Å². The second-order valence-corrected chi connectivity index (χ2v) is 17.6. The normalized spacial score (nSPS) is 25.4. The van der Waals surface area contributed by atoms with E-state index in [2.05, 4.69) is 28.8 Å². The molecule has 60 heavy (non-hydrogen) atoms. The minimum absolute atomic E-state index is 0.0420. The lowest BCUT2D eigenvalue weighted by Gasteiger charge is -2.30. The first kappa shape index (κ1) is 41.6. The van der Waals surface area contributed by atoms with E-state index in [9.17, 15) is 24.3 Å². The van der Waals surface area contributed by atoms with Crippen molar-refractivity contribution in [1.29, 1.82) is 0 Å². The molecule has 8 rings (SSSR count). The van der Waals surface area contributed by atoms with Crippen molar-refractivity contribution in [3.63, 3.8) is 0 Å². The second kappa shape index (κ2) is 17.5. The number of esters is 2. The van der Waals surface area contributed by atoms with Gasteiger partial charge in [-0.3, -0.25) is 14.4 Å². The Balaban J connectivity index is 0.938. The van der Waals surface area contributed by atoms with Gasteiger partial charge in [0, 0.05) is 43.4 Å². The molecule has 3 aliphatic carbocycles. The number of nitrogens with one attached hydrogen (secondary N) is 2. The number of amides is 2. The summed E-state index contributed by atoms with van der Waals surface area (Å²) >= 11 is 0. The quantitative estimate of drug-likeness (QED) is 0.139. The molecule has 1 spiro atoms. The van der Waals surface area contributed by atoms with Gasteiger partial charge in [-0.1, -0.05) is 66.7 Å². The average Bonchev–Trinajstić information content (AvgIpc) is 3.78. The number of fused-ring (bicyclic) bond motifs is 3. The third-order valence-electron chi connectivity index (χ3n) is 11.9. The lowest BCUT2D eigenvalue weighted by Crippen LogP contribution is -2.43. The third kappa shape index (κ3) is 9.90. The van der Waals surface area contributed by atoms with E-state index in [-0.39, 0.29) is 38.3 Å². The molecule has 12 heteroatoms. The van der Waals surface area contributed by atoms with Gasteiger partial charge in [0.05, 0.1) is 30.4 Å². The first-order valence-electron chi connectivity index (χ1n) is 21.1. The van der Waals surface area contributed by atoms with Crippen LogP contribution in [0.4, 0.5) is 0 Å². The van der Waals surface area contributed by atoms with Gasteiger partial charge in [0.15, 0.2) is 5.79 Å². The van der Waals surface area contributed by atoms with E-state index in [0.29, 0.717) is 53.2 Å². The van der Waals surface area contributed by atoms with Crippen molar-refractivity contribution >= 4 is 29.8 Å². The predicted octanol–water partition coefficient (Wildman–Crippen LogP) is 5.93. The summed E-state index contributed by atoms with van der Waals surface area (Å²) in [6.45, 7) is 5.10. The number of carbonyl (C=O) groups excluding carboxylic acids is 4. The lowest BCUT2D eigenvalue weighted by molar-refractivity contribution is -0.172. The summed E-state index contributed by atoms with van der Waals surface area (Å²) in [5.41, 5.74) is 4.25. The van der Waals surface area contributed by atoms with Gasteiger partial charge in [-0.05, 0) is 98.9 Å². The topological polar surface area (TPSA) is 162 Å². The van der Waals surface area contributed by atoms with E-state index in [0.717, 1.165) is 36.0 Å². The molecule has 12 nitrogen and oxygen atoms in total. The van der Waals surface area contributed by atoms with Gasteiger partial charge < -0.3 is 39.4 Å². The van der Waals surface area contributed by atoms with Crippen LogP contribution in [0.1, 0.15) is 102 Å². The molecule has 7 atom stereocenters. The smallest absolute Gasteiger partial charge is 0.339 e. The summed E-state index contributed by atoms with van der Waals surface area (Å²) in [6.07, 6.45) is 9.21. The summed E-state index contributed by atoms with van der Waals surface area (Å²) in [5, 5.41) is 15.7. The Hall–Kier alpha value is -5.14. The highest BCUT2D eigenvalue weighted by Crippen LogP contribution is 2.45. The van der Waals surface area contributed by atoms with E-state index in [4.69, 9.17) is 23.7 Å². The maximum Gasteiger partial charge on any atom is 0.339 e. The van der Waals surface area contributed by atoms with Crippen molar-refractivity contribution in [2.75, 3.05) is 6.61 Å². The Morgan fingerprint density at radius 2 is 1.70 bits per heavy atom. The maximum absolute atomic E-state index is 14.0. The number of hydrogen-bond donors (Lipinski definition) is 3. The molecule has 0 radical (unpaired) electrons. The van der Waals surface area contributed by atoms with Gasteiger partial charge in [-0.25, -0.2) is 4.79 Å². The Kier molecular flexibility index (Phi) is 12.1. The van der Waals surface area contributed by atoms with Crippen molar-refractivity contribution in [2.45, 2.75) is 127 Å². The van der Waals surface area contributed by atoms with Crippen LogP contribution in [-0.2, 0) is 52.7 Å². The van der Waals surface area contributed by atoms with Gasteiger partial charge >= 0.3 is 11.9 Å². The Morgan fingerprint density at radius 1 is 0.933 bits per heavy atom. The van der Waals surface area contributed by atoms with Crippen LogP contribution >= 0.6 is 0 Å². The third-order valence-corrected chi connectivity index (χ3v) is 11.9. The van der Waals surface area contributed by atoms with Crippen molar-refractivity contribution in [2.24, 2.45) is 5.92 Å². The standard InChI is InChI=1S/C48H54N2O10/c1-47(2,3)59-42(52)20-18-36(28-51)50-45(54)32-13-8-9-30(21-32)27-49-44(53)35-23-40(43-41(24-35)58-48(60-43)25-33-11-4-5-12-34(33)26-48)57-46(55)37-14-7-6-10-31(37)17-15-29-16-19-38-39(22-29)56-38/h4-15,17,21,24,29,36,38-41,43,51H,16,18-20,22-23,25-28H2,1-3H3,(H,49,53)(H,50,54)/t29?,36-,38?,39?,40+,41+,43-/m0/s1. The molecule has 3 fully saturated rings. The number of allylic oxidation sites excluding steroid dienone is 1. The number of aliphatic hydroxyl groups is 1. The highest BCUT2D eigenvalue weighted by atomic mass is 16.8. The summed E-state index contributed by atoms with van der Waals surface area (Å²) in [6, 6.07) is 21.7. The van der Waals surface area contributed by atoms with E-state index in [1.807, 2.05) is 36.4 Å². The molecule has 0 aromatic heterocycles. The fourth-order valence-electron chi connectivity index (χ4n) is 8.82. The Bertz CT molecular complexity index is 2150. The van der Waals surface area contributed by atoms with Crippen LogP contribution in [0.2, 0.25) is 0 Å². The van der Waals surface area contributed by atoms with Crippen LogP contribution in [-0.4, -0.2) is 83.4 Å². The first-order chi connectivity index (χ1) is 28.8. The maximum atomic E-state index is 14.0. The van der Waals surface area contributed by atoms with Crippen LogP contribution in [0.25, 0.3) is 6.08 Å². The van der Waals surface area contributed by atoms with Gasteiger partial charge in [-0.2, -0.15) is 0 Å². The molecule has 316 valence electrons. The highest BCUT2D eigenvalue weighted by Gasteiger charge is 2.55. The summed E-state index contributed by atoms with van der Waals surface area (Å²) < 4.78 is 30.7. The molecule has 2 heterocycles. The highest BCUT2D eigenvalue weighted by molar-refractivity contribution is 5.96. The molecule has 1 saturated carbocycles. The molecule has 2 saturated heterocycles. The molecule has 3 unspecified atom stereocenters. The number of epoxide rings is 1. The Labute approximate surface area is 350 Å². The molecule has 3 N–H and O–H groups in total. The summed E-state index contributed by atoms with van der Waals surface area (Å²) in [4.78, 5) is 53.3. The zero-order valence-electron chi connectivity index (χ0n) is 34.4. The van der Waals surface area contributed by atoms with Gasteiger partial charge in [-0.15, -0.1) is 0 Å². The predicted molar refractivity (Wildman–Crippen MR) is 221 cm³/mol. The zero-order valence-corrected chi connectivity index (χ0v) is 34.4. The van der Waals surface area contributed by atoms with Crippen LogP contribution in [0, 0.1) is 5.92 Å². The Morgan fingerprint density at radius 3 is 2.45 bits per heavy atom. The zero-order chi connectivity index (χ0) is 42.0. The van der Waals surface area contributed by atoms with E-state index in [1.165, 1.54) is 0 Å². The molecule has 2 amide bonds. The van der Waals surface area contributed by atoms with Gasteiger partial charge in [0.25, 0.3) is 5.91 Å². The van der Waals surface area contributed by atoms with Gasteiger partial charge in [0.2, 0.25) is 5.91 Å². The number of carbonyl (C=O) groups is 4. The van der Waals surface area contributed by atoms with Crippen LogP contribution in [0.15, 0.2) is 90.5 Å². The molecule has 3 aromatic carbocycles. The van der Waals surface area contributed by atoms with E-state index < -0.39 is 53.6 Å². The number of ether oxygens (including phenoxy) is 5. The molecular formula is C48H54N2O10. The minimum Gasteiger partial charge on any atom is -0.460 e. The first-order valence-corrected chi connectivity index (χ1v) is 21.1. The molecule has 0 bridgehead atoms. The summed E-state index contributed by atoms with van der Waals surface area (Å²) in [7, 11) is 0.